The molecule has 1 aliphatic rings. The maximum atomic E-state index is 11.3. The van der Waals surface area contributed by atoms with Crippen molar-refractivity contribution in [1.82, 2.24) is 4.90 Å². The van der Waals surface area contributed by atoms with Gasteiger partial charge in [0.25, 0.3) is 0 Å². The Labute approximate surface area is 94.1 Å². The number of ether oxygens (including phenoxy) is 1. The smallest absolute Gasteiger partial charge is 0.333 e. The highest BCUT2D eigenvalue weighted by Crippen LogP contribution is 2.12. The van der Waals surface area contributed by atoms with Gasteiger partial charge in [-0.05, 0) is 6.42 Å². The highest BCUT2D eigenvalue weighted by Gasteiger charge is 2.27. The fourth-order valence-electron chi connectivity index (χ4n) is 1.53. The molecule has 1 heterocycles. The summed E-state index contributed by atoms with van der Waals surface area (Å²) in [4.78, 5) is 35.0. The number of rotatable bonds is 4. The molecule has 88 valence electrons. The standard InChI is InChI=1S/C11H15NO4/c1-3-8(11(15)16-2)6-7-12-9(13)4-5-10(12)14/h6H,3-5,7H2,1-2H3. The molecule has 1 rings (SSSR count). The highest BCUT2D eigenvalue weighted by molar-refractivity contribution is 6.02. The van der Waals surface area contributed by atoms with Crippen LogP contribution in [0.1, 0.15) is 26.2 Å². The Morgan fingerprint density at radius 2 is 1.94 bits per heavy atom. The summed E-state index contributed by atoms with van der Waals surface area (Å²) in [5.74, 6) is -0.773. The van der Waals surface area contributed by atoms with Crippen LogP contribution in [0.4, 0.5) is 0 Å². The Kier molecular flexibility index (Phi) is 4.22. The van der Waals surface area contributed by atoms with E-state index in [1.54, 1.807) is 6.08 Å². The molecule has 1 fully saturated rings. The van der Waals surface area contributed by atoms with Crippen LogP contribution in [0.25, 0.3) is 0 Å². The van der Waals surface area contributed by atoms with Gasteiger partial charge < -0.3 is 4.74 Å². The molecule has 0 aromatic carbocycles. The predicted octanol–water partition coefficient (Wildman–Crippen LogP) is 0.645. The third-order valence-electron chi connectivity index (χ3n) is 2.50. The molecule has 0 bridgehead atoms. The minimum absolute atomic E-state index is 0.163. The summed E-state index contributed by atoms with van der Waals surface area (Å²) >= 11 is 0. The molecule has 5 nitrogen and oxygen atoms in total. The monoisotopic (exact) mass is 225 g/mol. The molecular weight excluding hydrogens is 210 g/mol. The van der Waals surface area contributed by atoms with Crippen molar-refractivity contribution in [3.05, 3.63) is 11.6 Å². The van der Waals surface area contributed by atoms with Crippen molar-refractivity contribution in [2.45, 2.75) is 26.2 Å². The van der Waals surface area contributed by atoms with Gasteiger partial charge >= 0.3 is 5.97 Å². The number of carbonyl (C=O) groups is 3. The first-order chi connectivity index (χ1) is 7.60. The fourth-order valence-corrected chi connectivity index (χ4v) is 1.53. The van der Waals surface area contributed by atoms with E-state index >= 15 is 0 Å². The topological polar surface area (TPSA) is 63.7 Å². The van der Waals surface area contributed by atoms with Gasteiger partial charge in [-0.3, -0.25) is 14.5 Å². The molecule has 0 aromatic rings. The van der Waals surface area contributed by atoms with Crippen LogP contribution >= 0.6 is 0 Å². The van der Waals surface area contributed by atoms with Crippen LogP contribution in [0.15, 0.2) is 11.6 Å². The number of esters is 1. The van der Waals surface area contributed by atoms with E-state index in [4.69, 9.17) is 0 Å². The van der Waals surface area contributed by atoms with Crippen LogP contribution in [0.5, 0.6) is 0 Å². The van der Waals surface area contributed by atoms with E-state index in [0.29, 0.717) is 12.0 Å². The van der Waals surface area contributed by atoms with Gasteiger partial charge in [0.15, 0.2) is 0 Å². The Morgan fingerprint density at radius 1 is 1.38 bits per heavy atom. The summed E-state index contributed by atoms with van der Waals surface area (Å²) in [7, 11) is 1.30. The van der Waals surface area contributed by atoms with E-state index in [1.165, 1.54) is 12.0 Å². The maximum absolute atomic E-state index is 11.3. The number of methoxy groups -OCH3 is 1. The Balaban J connectivity index is 2.66. The van der Waals surface area contributed by atoms with Crippen LogP contribution in [0.3, 0.4) is 0 Å². The van der Waals surface area contributed by atoms with Crippen molar-refractivity contribution in [1.29, 1.82) is 0 Å². The zero-order chi connectivity index (χ0) is 12.1. The number of nitrogens with zero attached hydrogens (tertiary/aromatic N) is 1. The van der Waals surface area contributed by atoms with Crippen LogP contribution < -0.4 is 0 Å². The second-order valence-electron chi connectivity index (χ2n) is 3.47. The summed E-state index contributed by atoms with van der Waals surface area (Å²) in [6.07, 6.45) is 2.63. The average Bonchev–Trinajstić information content (AvgIpc) is 2.60. The first-order valence-corrected chi connectivity index (χ1v) is 5.20. The van der Waals surface area contributed by atoms with Crippen LogP contribution in [-0.2, 0) is 19.1 Å². The van der Waals surface area contributed by atoms with Crippen LogP contribution in [0.2, 0.25) is 0 Å². The lowest BCUT2D eigenvalue weighted by Gasteiger charge is -2.11. The zero-order valence-electron chi connectivity index (χ0n) is 9.49. The number of hydrogen-bond donors (Lipinski definition) is 0. The molecule has 1 saturated heterocycles. The second-order valence-corrected chi connectivity index (χ2v) is 3.47. The average molecular weight is 225 g/mol. The number of imide groups is 1. The molecule has 0 spiro atoms. The molecule has 0 aliphatic carbocycles. The molecule has 0 saturated carbocycles. The Morgan fingerprint density at radius 3 is 2.38 bits per heavy atom. The second kappa shape index (κ2) is 5.44. The summed E-state index contributed by atoms with van der Waals surface area (Å²) in [6, 6.07) is 0. The third kappa shape index (κ3) is 2.68. The SMILES string of the molecule is CCC(=CCN1C(=O)CCC1=O)C(=O)OC. The van der Waals surface area contributed by atoms with Gasteiger partial charge in [-0.1, -0.05) is 13.0 Å². The molecule has 0 radical (unpaired) electrons. The molecule has 2 amide bonds. The molecule has 1 aliphatic heterocycles. The number of likely N-dealkylation sites (tertiary alicyclic amines) is 1. The quantitative estimate of drug-likeness (QED) is 0.400. The van der Waals surface area contributed by atoms with Crippen LogP contribution in [-0.4, -0.2) is 36.3 Å². The van der Waals surface area contributed by atoms with Crippen molar-refractivity contribution in [2.24, 2.45) is 0 Å². The van der Waals surface area contributed by atoms with Crippen molar-refractivity contribution in [2.75, 3.05) is 13.7 Å². The van der Waals surface area contributed by atoms with Crippen molar-refractivity contribution in [3.63, 3.8) is 0 Å². The first-order valence-electron chi connectivity index (χ1n) is 5.20. The first kappa shape index (κ1) is 12.4. The molecule has 0 unspecified atom stereocenters. The minimum atomic E-state index is -0.415. The third-order valence-corrected chi connectivity index (χ3v) is 2.50. The number of carbonyl (C=O) groups excluding carboxylic acids is 3. The highest BCUT2D eigenvalue weighted by atomic mass is 16.5. The predicted molar refractivity (Wildman–Crippen MR) is 56.3 cm³/mol. The van der Waals surface area contributed by atoms with Gasteiger partial charge in [0.1, 0.15) is 0 Å². The fraction of sp³-hybridized carbons (Fsp3) is 0.545. The van der Waals surface area contributed by atoms with Crippen molar-refractivity contribution >= 4 is 17.8 Å². The van der Waals surface area contributed by atoms with Crippen LogP contribution in [0, 0.1) is 0 Å². The number of amides is 2. The van der Waals surface area contributed by atoms with Gasteiger partial charge in [-0.15, -0.1) is 0 Å². The molecular formula is C11H15NO4. The molecule has 0 aromatic heterocycles. The summed E-state index contributed by atoms with van der Waals surface area (Å²) in [6.45, 7) is 1.98. The Bertz CT molecular complexity index is 330. The largest absolute Gasteiger partial charge is 0.466 e. The lowest BCUT2D eigenvalue weighted by molar-refractivity contribution is -0.139. The van der Waals surface area contributed by atoms with Gasteiger partial charge in [0.2, 0.25) is 11.8 Å². The lowest BCUT2D eigenvalue weighted by Crippen LogP contribution is -2.29. The maximum Gasteiger partial charge on any atom is 0.333 e. The van der Waals surface area contributed by atoms with E-state index in [0.717, 1.165) is 0 Å². The van der Waals surface area contributed by atoms with E-state index in [-0.39, 0.29) is 31.2 Å². The summed E-state index contributed by atoms with van der Waals surface area (Å²) < 4.78 is 4.58. The summed E-state index contributed by atoms with van der Waals surface area (Å²) in [5, 5.41) is 0. The van der Waals surface area contributed by atoms with Crippen molar-refractivity contribution in [3.8, 4) is 0 Å². The van der Waals surface area contributed by atoms with E-state index in [1.807, 2.05) is 6.92 Å². The summed E-state index contributed by atoms with van der Waals surface area (Å²) in [5.41, 5.74) is 0.481. The number of hydrogen-bond acceptors (Lipinski definition) is 4. The zero-order valence-corrected chi connectivity index (χ0v) is 9.49. The van der Waals surface area contributed by atoms with Crippen molar-refractivity contribution < 1.29 is 19.1 Å². The van der Waals surface area contributed by atoms with Gasteiger partial charge in [0, 0.05) is 25.0 Å². The van der Waals surface area contributed by atoms with E-state index < -0.39 is 5.97 Å². The van der Waals surface area contributed by atoms with Gasteiger partial charge in [0.05, 0.1) is 7.11 Å². The lowest BCUT2D eigenvalue weighted by atomic mass is 10.2. The Hall–Kier alpha value is -1.65. The molecule has 0 atom stereocenters. The van der Waals surface area contributed by atoms with Gasteiger partial charge in [-0.25, -0.2) is 4.79 Å². The normalized spacial score (nSPS) is 16.9. The minimum Gasteiger partial charge on any atom is -0.466 e. The van der Waals surface area contributed by atoms with E-state index in [2.05, 4.69) is 4.74 Å². The molecule has 16 heavy (non-hydrogen) atoms. The molecule has 0 N–H and O–H groups in total. The van der Waals surface area contributed by atoms with E-state index in [9.17, 15) is 14.4 Å². The van der Waals surface area contributed by atoms with Gasteiger partial charge in [-0.2, -0.15) is 0 Å². The molecule has 5 heteroatoms.